The number of hydrogen-bond donors (Lipinski definition) is 1. The molecule has 0 saturated carbocycles. The van der Waals surface area contributed by atoms with E-state index in [-0.39, 0.29) is 17.9 Å². The van der Waals surface area contributed by atoms with Crippen molar-refractivity contribution in [3.05, 3.63) is 70.7 Å². The van der Waals surface area contributed by atoms with Crippen LogP contribution in [0, 0.1) is 0 Å². The summed E-state index contributed by atoms with van der Waals surface area (Å²) in [6, 6.07) is 17.3. The van der Waals surface area contributed by atoms with Gasteiger partial charge in [0.15, 0.2) is 6.61 Å². The minimum atomic E-state index is -1.17. The number of carboxylic acids is 1. The smallest absolute Gasteiger partial charge is 0.349 e. The predicted octanol–water partition coefficient (Wildman–Crippen LogP) is 4.28. The maximum atomic E-state index is 12.0. The minimum absolute atomic E-state index is 0.0128. The first kappa shape index (κ1) is 17.0. The third-order valence-corrected chi connectivity index (χ3v) is 4.33. The number of ether oxygens (including phenoxy) is 2. The van der Waals surface area contributed by atoms with Gasteiger partial charge in [-0.15, -0.1) is 0 Å². The maximum absolute atomic E-state index is 12.0. The molecule has 6 heteroatoms. The Morgan fingerprint density at radius 1 is 0.920 bits per heavy atom. The molecule has 0 radical (unpaired) electrons. The van der Waals surface area contributed by atoms with Crippen LogP contribution in [0.1, 0.15) is 10.4 Å². The summed E-state index contributed by atoms with van der Waals surface area (Å²) in [5, 5.41) is 11.1. The van der Waals surface area contributed by atoms with Crippen molar-refractivity contribution >= 4 is 38.6 Å². The standard InChI is InChI=1S/C19H13BrO5/c20-18-13-6-2-1-5-12(13)9-10-16(18)24-11-17(21)25-15-8-4-3-7-14(15)19(22)23/h1-10H,11H2,(H,22,23). The van der Waals surface area contributed by atoms with Gasteiger partial charge in [-0.05, 0) is 44.9 Å². The van der Waals surface area contributed by atoms with Gasteiger partial charge in [0.25, 0.3) is 0 Å². The highest BCUT2D eigenvalue weighted by atomic mass is 79.9. The summed E-state index contributed by atoms with van der Waals surface area (Å²) in [5.74, 6) is -1.36. The van der Waals surface area contributed by atoms with Crippen LogP contribution in [0.5, 0.6) is 11.5 Å². The van der Waals surface area contributed by atoms with Crippen LogP contribution in [0.4, 0.5) is 0 Å². The van der Waals surface area contributed by atoms with Crippen molar-refractivity contribution in [2.24, 2.45) is 0 Å². The molecule has 0 aliphatic carbocycles. The van der Waals surface area contributed by atoms with Gasteiger partial charge in [0.1, 0.15) is 17.1 Å². The van der Waals surface area contributed by atoms with Crippen LogP contribution in [0.2, 0.25) is 0 Å². The maximum Gasteiger partial charge on any atom is 0.349 e. The fraction of sp³-hybridized carbons (Fsp3) is 0.0526. The molecule has 0 aromatic heterocycles. The number of aromatic carboxylic acids is 1. The Hall–Kier alpha value is -2.86. The van der Waals surface area contributed by atoms with Crippen LogP contribution in [-0.2, 0) is 4.79 Å². The molecule has 0 atom stereocenters. The third kappa shape index (κ3) is 3.80. The second-order valence-corrected chi connectivity index (χ2v) is 5.96. The van der Waals surface area contributed by atoms with Crippen molar-refractivity contribution in [2.75, 3.05) is 6.61 Å². The topological polar surface area (TPSA) is 72.8 Å². The van der Waals surface area contributed by atoms with Crippen molar-refractivity contribution in [3.8, 4) is 11.5 Å². The van der Waals surface area contributed by atoms with Gasteiger partial charge in [-0.2, -0.15) is 0 Å². The summed E-state index contributed by atoms with van der Waals surface area (Å²) in [4.78, 5) is 23.1. The highest BCUT2D eigenvalue weighted by molar-refractivity contribution is 9.10. The minimum Gasteiger partial charge on any atom is -0.481 e. The summed E-state index contributed by atoms with van der Waals surface area (Å²) in [5.41, 5.74) is -0.0808. The largest absolute Gasteiger partial charge is 0.481 e. The first-order chi connectivity index (χ1) is 12.1. The molecule has 0 saturated heterocycles. The highest BCUT2D eigenvalue weighted by Crippen LogP contribution is 2.33. The van der Waals surface area contributed by atoms with E-state index < -0.39 is 11.9 Å². The molecule has 25 heavy (non-hydrogen) atoms. The molecular formula is C19H13BrO5. The molecule has 1 N–H and O–H groups in total. The molecule has 3 rings (SSSR count). The second-order valence-electron chi connectivity index (χ2n) is 5.16. The number of carbonyl (C=O) groups is 2. The molecule has 0 unspecified atom stereocenters. The number of benzene rings is 3. The van der Waals surface area contributed by atoms with Gasteiger partial charge in [0, 0.05) is 0 Å². The normalized spacial score (nSPS) is 10.4. The zero-order valence-electron chi connectivity index (χ0n) is 12.9. The lowest BCUT2D eigenvalue weighted by molar-refractivity contribution is -0.136. The van der Waals surface area contributed by atoms with E-state index in [2.05, 4.69) is 15.9 Å². The lowest BCUT2D eigenvalue weighted by atomic mass is 10.1. The van der Waals surface area contributed by atoms with Crippen molar-refractivity contribution in [3.63, 3.8) is 0 Å². The molecular weight excluding hydrogens is 388 g/mol. The summed E-state index contributed by atoms with van der Waals surface area (Å²) in [7, 11) is 0. The Labute approximate surface area is 151 Å². The number of carbonyl (C=O) groups excluding carboxylic acids is 1. The number of esters is 1. The first-order valence-electron chi connectivity index (χ1n) is 7.39. The summed E-state index contributed by atoms with van der Waals surface area (Å²) in [6.45, 7) is -0.342. The monoisotopic (exact) mass is 400 g/mol. The molecule has 3 aromatic carbocycles. The number of hydrogen-bond acceptors (Lipinski definition) is 4. The van der Waals surface area contributed by atoms with E-state index in [9.17, 15) is 9.59 Å². The van der Waals surface area contributed by atoms with Gasteiger partial charge in [0.2, 0.25) is 0 Å². The molecule has 0 fully saturated rings. The first-order valence-corrected chi connectivity index (χ1v) is 8.18. The van der Waals surface area contributed by atoms with Crippen molar-refractivity contribution < 1.29 is 24.2 Å². The van der Waals surface area contributed by atoms with E-state index in [0.29, 0.717) is 5.75 Å². The Kier molecular flexibility index (Phi) is 5.00. The molecule has 126 valence electrons. The van der Waals surface area contributed by atoms with Crippen LogP contribution in [0.15, 0.2) is 65.1 Å². The van der Waals surface area contributed by atoms with Crippen LogP contribution >= 0.6 is 15.9 Å². The molecule has 0 spiro atoms. The Morgan fingerprint density at radius 3 is 2.44 bits per heavy atom. The Balaban J connectivity index is 1.71. The van der Waals surface area contributed by atoms with Gasteiger partial charge >= 0.3 is 11.9 Å². The Morgan fingerprint density at radius 2 is 1.64 bits per heavy atom. The predicted molar refractivity (Wildman–Crippen MR) is 96.2 cm³/mol. The van der Waals surface area contributed by atoms with Crippen LogP contribution < -0.4 is 9.47 Å². The lowest BCUT2D eigenvalue weighted by Crippen LogP contribution is -2.19. The number of fused-ring (bicyclic) bond motifs is 1. The second kappa shape index (κ2) is 7.36. The molecule has 0 amide bonds. The van der Waals surface area contributed by atoms with E-state index in [1.54, 1.807) is 18.2 Å². The molecule has 0 aliphatic heterocycles. The zero-order chi connectivity index (χ0) is 17.8. The number of carboxylic acid groups (broad SMARTS) is 1. The average Bonchev–Trinajstić information content (AvgIpc) is 2.61. The van der Waals surface area contributed by atoms with Gasteiger partial charge in [-0.3, -0.25) is 0 Å². The van der Waals surface area contributed by atoms with Crippen LogP contribution in [0.3, 0.4) is 0 Å². The average molecular weight is 401 g/mol. The van der Waals surface area contributed by atoms with Crippen LogP contribution in [-0.4, -0.2) is 23.7 Å². The third-order valence-electron chi connectivity index (χ3n) is 3.51. The zero-order valence-corrected chi connectivity index (χ0v) is 14.5. The van der Waals surface area contributed by atoms with Crippen LogP contribution in [0.25, 0.3) is 10.8 Å². The molecule has 0 bridgehead atoms. The van der Waals surface area contributed by atoms with E-state index in [1.165, 1.54) is 12.1 Å². The Bertz CT molecular complexity index is 951. The summed E-state index contributed by atoms with van der Waals surface area (Å²) >= 11 is 3.47. The lowest BCUT2D eigenvalue weighted by Gasteiger charge is -2.11. The van der Waals surface area contributed by atoms with Gasteiger partial charge < -0.3 is 14.6 Å². The van der Waals surface area contributed by atoms with Gasteiger partial charge in [0.05, 0.1) is 4.47 Å². The van der Waals surface area contributed by atoms with Gasteiger partial charge in [-0.1, -0.05) is 42.5 Å². The van der Waals surface area contributed by atoms with E-state index >= 15 is 0 Å². The van der Waals surface area contributed by atoms with Crippen molar-refractivity contribution in [2.45, 2.75) is 0 Å². The molecule has 0 aliphatic rings. The van der Waals surface area contributed by atoms with Crippen molar-refractivity contribution in [1.29, 1.82) is 0 Å². The van der Waals surface area contributed by atoms with E-state index in [1.807, 2.05) is 30.3 Å². The quantitative estimate of drug-likeness (QED) is 0.510. The molecule has 5 nitrogen and oxygen atoms in total. The van der Waals surface area contributed by atoms with Crippen molar-refractivity contribution in [1.82, 2.24) is 0 Å². The summed E-state index contributed by atoms with van der Waals surface area (Å²) < 4.78 is 11.3. The number of rotatable bonds is 5. The fourth-order valence-corrected chi connectivity index (χ4v) is 2.95. The fourth-order valence-electron chi connectivity index (χ4n) is 2.35. The summed E-state index contributed by atoms with van der Waals surface area (Å²) in [6.07, 6.45) is 0. The SMILES string of the molecule is O=C(COc1ccc2ccccc2c1Br)Oc1ccccc1C(=O)O. The van der Waals surface area contributed by atoms with Gasteiger partial charge in [-0.25, -0.2) is 9.59 Å². The van der Waals surface area contributed by atoms with E-state index in [0.717, 1.165) is 15.2 Å². The van der Waals surface area contributed by atoms with E-state index in [4.69, 9.17) is 14.6 Å². The molecule has 0 heterocycles. The highest BCUT2D eigenvalue weighted by Gasteiger charge is 2.15. The number of halogens is 1. The molecule has 3 aromatic rings. The number of para-hydroxylation sites is 1.